The van der Waals surface area contributed by atoms with Crippen LogP contribution in [0.4, 0.5) is 0 Å². The number of carbonyl (C=O) groups excluding carboxylic acids is 1. The minimum Gasteiger partial charge on any atom is -0.466 e. The first-order chi connectivity index (χ1) is 11.6. The monoisotopic (exact) mass is 326 g/mol. The van der Waals surface area contributed by atoms with Crippen molar-refractivity contribution in [2.75, 3.05) is 13.1 Å². The summed E-state index contributed by atoms with van der Waals surface area (Å²) in [5, 5.41) is 0. The number of amides is 1. The zero-order valence-electron chi connectivity index (χ0n) is 13.9. The van der Waals surface area contributed by atoms with Gasteiger partial charge in [-0.1, -0.05) is 6.07 Å². The van der Waals surface area contributed by atoms with Crippen molar-refractivity contribution in [3.63, 3.8) is 0 Å². The van der Waals surface area contributed by atoms with Crippen molar-refractivity contribution in [1.82, 2.24) is 9.47 Å². The molecule has 5 nitrogen and oxygen atoms in total. The number of likely N-dealkylation sites (tertiary alicyclic amines) is 1. The van der Waals surface area contributed by atoms with Crippen LogP contribution < -0.4 is 5.56 Å². The van der Waals surface area contributed by atoms with Crippen LogP contribution in [-0.2, 0) is 17.8 Å². The number of pyridine rings is 1. The molecule has 0 radical (unpaired) electrons. The van der Waals surface area contributed by atoms with E-state index >= 15 is 0 Å². The molecule has 2 bridgehead atoms. The van der Waals surface area contributed by atoms with Crippen LogP contribution in [-0.4, -0.2) is 28.5 Å². The van der Waals surface area contributed by atoms with Gasteiger partial charge in [-0.05, 0) is 37.5 Å². The Balaban J connectivity index is 1.45. The highest BCUT2D eigenvalue weighted by Gasteiger charge is 2.35. The molecule has 0 aromatic carbocycles. The molecule has 1 amide bonds. The van der Waals surface area contributed by atoms with Crippen LogP contribution in [0.25, 0.3) is 0 Å². The molecule has 2 aliphatic rings. The van der Waals surface area contributed by atoms with E-state index in [9.17, 15) is 9.59 Å². The lowest BCUT2D eigenvalue weighted by Gasteiger charge is -2.42. The van der Waals surface area contributed by atoms with Crippen molar-refractivity contribution in [2.24, 2.45) is 5.92 Å². The molecule has 1 fully saturated rings. The lowest BCUT2D eigenvalue weighted by Crippen LogP contribution is -2.49. The second-order valence-electron chi connectivity index (χ2n) is 7.01. The van der Waals surface area contributed by atoms with E-state index in [4.69, 9.17) is 4.42 Å². The highest BCUT2D eigenvalue weighted by molar-refractivity contribution is 5.76. The number of fused-ring (bicyclic) bond motifs is 4. The Morgan fingerprint density at radius 2 is 2.08 bits per heavy atom. The largest absolute Gasteiger partial charge is 0.466 e. The fourth-order valence-corrected chi connectivity index (χ4v) is 4.11. The number of nitrogens with zero attached hydrogens (tertiary/aromatic N) is 2. The second kappa shape index (κ2) is 5.96. The fraction of sp³-hybridized carbons (Fsp3) is 0.474. The lowest BCUT2D eigenvalue weighted by atomic mass is 9.83. The number of piperidine rings is 1. The summed E-state index contributed by atoms with van der Waals surface area (Å²) < 4.78 is 7.44. The van der Waals surface area contributed by atoms with Crippen molar-refractivity contribution in [3.05, 3.63) is 57.9 Å². The van der Waals surface area contributed by atoms with Gasteiger partial charge >= 0.3 is 0 Å². The van der Waals surface area contributed by atoms with Gasteiger partial charge in [0.1, 0.15) is 11.5 Å². The summed E-state index contributed by atoms with van der Waals surface area (Å²) >= 11 is 0. The summed E-state index contributed by atoms with van der Waals surface area (Å²) in [6, 6.07) is 9.35. The van der Waals surface area contributed by atoms with Gasteiger partial charge in [-0.3, -0.25) is 9.59 Å². The maximum Gasteiger partial charge on any atom is 0.250 e. The predicted octanol–water partition coefficient (Wildman–Crippen LogP) is 2.33. The summed E-state index contributed by atoms with van der Waals surface area (Å²) in [5.41, 5.74) is 1.16. The first-order valence-corrected chi connectivity index (χ1v) is 8.63. The summed E-state index contributed by atoms with van der Waals surface area (Å²) in [5.74, 6) is 2.60. The van der Waals surface area contributed by atoms with Gasteiger partial charge in [0.15, 0.2) is 0 Å². The van der Waals surface area contributed by atoms with Crippen LogP contribution in [0.5, 0.6) is 0 Å². The van der Waals surface area contributed by atoms with E-state index in [2.05, 4.69) is 0 Å². The van der Waals surface area contributed by atoms with E-state index in [1.54, 1.807) is 6.07 Å². The van der Waals surface area contributed by atoms with Crippen molar-refractivity contribution >= 4 is 5.91 Å². The molecule has 2 unspecified atom stereocenters. The van der Waals surface area contributed by atoms with Crippen molar-refractivity contribution in [1.29, 1.82) is 0 Å². The average molecular weight is 326 g/mol. The number of furan rings is 1. The standard InChI is InChI=1S/C19H22N2O3/c1-13-5-6-16(24-13)7-8-18(22)20-10-14-9-15(12-20)17-3-2-4-19(23)21(17)11-14/h2-6,14-15H,7-12H2,1H3. The van der Waals surface area contributed by atoms with Gasteiger partial charge in [-0.2, -0.15) is 0 Å². The Hall–Kier alpha value is -2.30. The van der Waals surface area contributed by atoms with Gasteiger partial charge in [0.2, 0.25) is 5.91 Å². The van der Waals surface area contributed by atoms with E-state index in [0.29, 0.717) is 18.8 Å². The maximum absolute atomic E-state index is 12.6. The summed E-state index contributed by atoms with van der Waals surface area (Å²) in [4.78, 5) is 26.6. The Bertz CT molecular complexity index is 820. The maximum atomic E-state index is 12.6. The minimum absolute atomic E-state index is 0.0789. The second-order valence-corrected chi connectivity index (χ2v) is 7.01. The van der Waals surface area contributed by atoms with Crippen LogP contribution in [0.2, 0.25) is 0 Å². The van der Waals surface area contributed by atoms with Crippen molar-refractivity contribution in [3.8, 4) is 0 Å². The molecule has 5 heteroatoms. The topological polar surface area (TPSA) is 55.5 Å². The zero-order valence-corrected chi connectivity index (χ0v) is 13.9. The highest BCUT2D eigenvalue weighted by Crippen LogP contribution is 2.35. The molecule has 2 aliphatic heterocycles. The number of rotatable bonds is 3. The van der Waals surface area contributed by atoms with Crippen LogP contribution in [0.15, 0.2) is 39.5 Å². The molecule has 4 rings (SSSR count). The van der Waals surface area contributed by atoms with Crippen LogP contribution in [0.3, 0.4) is 0 Å². The minimum atomic E-state index is 0.0789. The van der Waals surface area contributed by atoms with Crippen LogP contribution >= 0.6 is 0 Å². The fourth-order valence-electron chi connectivity index (χ4n) is 4.11. The van der Waals surface area contributed by atoms with E-state index in [1.165, 1.54) is 0 Å². The van der Waals surface area contributed by atoms with E-state index in [1.807, 2.05) is 40.7 Å². The number of hydrogen-bond acceptors (Lipinski definition) is 3. The Kier molecular flexibility index (Phi) is 3.79. The molecule has 2 atom stereocenters. The van der Waals surface area contributed by atoms with Gasteiger partial charge in [0, 0.05) is 50.2 Å². The average Bonchev–Trinajstić information content (AvgIpc) is 2.99. The molecule has 126 valence electrons. The molecule has 1 saturated heterocycles. The van der Waals surface area contributed by atoms with Crippen LogP contribution in [0, 0.1) is 12.8 Å². The molecule has 24 heavy (non-hydrogen) atoms. The quantitative estimate of drug-likeness (QED) is 0.870. The first kappa shape index (κ1) is 15.2. The summed E-state index contributed by atoms with van der Waals surface area (Å²) in [6.07, 6.45) is 2.20. The lowest BCUT2D eigenvalue weighted by molar-refractivity contribution is -0.134. The molecular weight excluding hydrogens is 304 g/mol. The third-order valence-corrected chi connectivity index (χ3v) is 5.21. The van der Waals surface area contributed by atoms with E-state index in [-0.39, 0.29) is 17.4 Å². The Morgan fingerprint density at radius 3 is 2.88 bits per heavy atom. The Labute approximate surface area is 140 Å². The molecule has 4 heterocycles. The normalized spacial score (nSPS) is 22.3. The van der Waals surface area contributed by atoms with E-state index < -0.39 is 0 Å². The molecule has 0 N–H and O–H groups in total. The third-order valence-electron chi connectivity index (χ3n) is 5.21. The van der Waals surface area contributed by atoms with Crippen LogP contribution in [0.1, 0.15) is 36.0 Å². The molecule has 0 spiro atoms. The molecular formula is C19H22N2O3. The van der Waals surface area contributed by atoms with Gasteiger partial charge in [-0.25, -0.2) is 0 Å². The number of carbonyl (C=O) groups is 1. The van der Waals surface area contributed by atoms with E-state index in [0.717, 1.165) is 43.3 Å². The number of aryl methyl sites for hydroxylation is 2. The zero-order chi connectivity index (χ0) is 16.7. The van der Waals surface area contributed by atoms with Crippen molar-refractivity contribution in [2.45, 2.75) is 38.6 Å². The molecule has 2 aromatic heterocycles. The van der Waals surface area contributed by atoms with Gasteiger partial charge in [-0.15, -0.1) is 0 Å². The smallest absolute Gasteiger partial charge is 0.250 e. The predicted molar refractivity (Wildman–Crippen MR) is 89.9 cm³/mol. The SMILES string of the molecule is Cc1ccc(CCC(=O)N2CC3CC(C2)c2cccc(=O)n2C3)o1. The molecule has 2 aromatic rings. The number of aromatic nitrogens is 1. The molecule has 0 aliphatic carbocycles. The first-order valence-electron chi connectivity index (χ1n) is 8.63. The molecule has 0 saturated carbocycles. The van der Waals surface area contributed by atoms with Crippen molar-refractivity contribution < 1.29 is 9.21 Å². The van der Waals surface area contributed by atoms with Gasteiger partial charge < -0.3 is 13.9 Å². The summed E-state index contributed by atoms with van der Waals surface area (Å²) in [7, 11) is 0. The van der Waals surface area contributed by atoms with Gasteiger partial charge in [0.05, 0.1) is 0 Å². The number of hydrogen-bond donors (Lipinski definition) is 0. The Morgan fingerprint density at radius 1 is 1.21 bits per heavy atom. The third kappa shape index (κ3) is 2.79. The highest BCUT2D eigenvalue weighted by atomic mass is 16.3. The summed E-state index contributed by atoms with van der Waals surface area (Å²) in [6.45, 7) is 4.12. The van der Waals surface area contributed by atoms with Gasteiger partial charge in [0.25, 0.3) is 5.56 Å².